The van der Waals surface area contributed by atoms with Crippen molar-refractivity contribution < 1.29 is 9.63 Å². The summed E-state index contributed by atoms with van der Waals surface area (Å²) in [5, 5.41) is 7.65. The van der Waals surface area contributed by atoms with Gasteiger partial charge in [0.15, 0.2) is 0 Å². The Morgan fingerprint density at radius 3 is 2.64 bits per heavy atom. The van der Waals surface area contributed by atoms with Crippen LogP contribution in [-0.4, -0.2) is 11.7 Å². The lowest BCUT2D eigenvalue weighted by molar-refractivity contribution is 0.0516. The molecule has 0 saturated carbocycles. The molecule has 0 radical (unpaired) electrons. The summed E-state index contributed by atoms with van der Waals surface area (Å²) in [5.74, 6) is -0.504. The number of oxime groups is 1. The second-order valence-electron chi connectivity index (χ2n) is 4.71. The number of halogens is 1. The van der Waals surface area contributed by atoms with Gasteiger partial charge in [-0.2, -0.15) is 0 Å². The molecule has 110 valence electrons. The Kier molecular flexibility index (Phi) is 4.22. The van der Waals surface area contributed by atoms with Crippen LogP contribution >= 0.6 is 22.9 Å². The van der Waals surface area contributed by atoms with Crippen molar-refractivity contribution in [3.63, 3.8) is 0 Å². The number of carbonyl (C=O) groups excluding carboxylic acids is 1. The van der Waals surface area contributed by atoms with Crippen molar-refractivity contribution in [3.8, 4) is 0 Å². The Morgan fingerprint density at radius 1 is 1.14 bits per heavy atom. The largest absolute Gasteiger partial charge is 0.365 e. The molecule has 0 bridgehead atoms. The summed E-state index contributed by atoms with van der Waals surface area (Å²) in [6, 6.07) is 14.5. The Bertz CT molecular complexity index is 852. The van der Waals surface area contributed by atoms with E-state index in [9.17, 15) is 4.79 Å². The Hall–Kier alpha value is -2.17. The van der Waals surface area contributed by atoms with Gasteiger partial charge in [-0.25, -0.2) is 4.79 Å². The highest BCUT2D eigenvalue weighted by atomic mass is 35.5. The van der Waals surface area contributed by atoms with Gasteiger partial charge < -0.3 is 4.84 Å². The highest BCUT2D eigenvalue weighted by Crippen LogP contribution is 2.26. The van der Waals surface area contributed by atoms with Gasteiger partial charge in [-0.05, 0) is 37.3 Å². The van der Waals surface area contributed by atoms with Crippen LogP contribution < -0.4 is 0 Å². The van der Waals surface area contributed by atoms with Crippen molar-refractivity contribution in [2.75, 3.05) is 0 Å². The maximum Gasteiger partial charge on any atom is 0.365 e. The molecule has 0 N–H and O–H groups in total. The van der Waals surface area contributed by atoms with Gasteiger partial charge >= 0.3 is 5.97 Å². The van der Waals surface area contributed by atoms with E-state index in [0.717, 1.165) is 10.9 Å². The summed E-state index contributed by atoms with van der Waals surface area (Å²) < 4.78 is 1.18. The smallest absolute Gasteiger partial charge is 0.313 e. The van der Waals surface area contributed by atoms with Crippen LogP contribution in [0.1, 0.15) is 22.8 Å². The fourth-order valence-corrected chi connectivity index (χ4v) is 3.19. The first-order valence-corrected chi connectivity index (χ1v) is 7.89. The van der Waals surface area contributed by atoms with Gasteiger partial charge in [0.2, 0.25) is 0 Å². The molecule has 0 unspecified atom stereocenters. The quantitative estimate of drug-likeness (QED) is 0.379. The van der Waals surface area contributed by atoms with E-state index in [1.807, 2.05) is 30.5 Å². The second kappa shape index (κ2) is 6.30. The molecule has 0 fully saturated rings. The zero-order valence-corrected chi connectivity index (χ0v) is 13.3. The normalized spacial score (nSPS) is 11.6. The predicted molar refractivity (Wildman–Crippen MR) is 90.9 cm³/mol. The molecule has 1 aromatic heterocycles. The molecule has 3 nitrogen and oxygen atoms in total. The Balaban J connectivity index is 1.80. The third-order valence-corrected chi connectivity index (χ3v) is 4.43. The average Bonchev–Trinajstić information content (AvgIpc) is 2.97. The highest BCUT2D eigenvalue weighted by molar-refractivity contribution is 7.17. The fourth-order valence-electron chi connectivity index (χ4n) is 2.06. The third-order valence-electron chi connectivity index (χ3n) is 3.22. The number of hydrogen-bond donors (Lipinski definition) is 0. The summed E-state index contributed by atoms with van der Waals surface area (Å²) >= 11 is 7.43. The molecular formula is C17H12ClNO2S. The minimum absolute atomic E-state index is 0.413. The molecule has 0 spiro atoms. The molecule has 0 aliphatic carbocycles. The lowest BCUT2D eigenvalue weighted by atomic mass is 10.1. The summed E-state index contributed by atoms with van der Waals surface area (Å²) in [5.41, 5.74) is 2.06. The summed E-state index contributed by atoms with van der Waals surface area (Å²) in [6.45, 7) is 1.82. The van der Waals surface area contributed by atoms with Crippen LogP contribution in [0.4, 0.5) is 0 Å². The average molecular weight is 330 g/mol. The van der Waals surface area contributed by atoms with Crippen LogP contribution in [0, 0.1) is 0 Å². The van der Waals surface area contributed by atoms with Crippen molar-refractivity contribution in [2.45, 2.75) is 6.92 Å². The predicted octanol–water partition coefficient (Wildman–Crippen LogP) is 5.14. The van der Waals surface area contributed by atoms with Crippen molar-refractivity contribution in [1.29, 1.82) is 0 Å². The van der Waals surface area contributed by atoms with Gasteiger partial charge in [0, 0.05) is 26.1 Å². The molecule has 2 aromatic carbocycles. The lowest BCUT2D eigenvalue weighted by Crippen LogP contribution is -2.03. The van der Waals surface area contributed by atoms with Crippen LogP contribution in [0.15, 0.2) is 59.1 Å². The topological polar surface area (TPSA) is 38.7 Å². The molecule has 0 saturated heterocycles. The molecule has 0 atom stereocenters. The van der Waals surface area contributed by atoms with E-state index >= 15 is 0 Å². The van der Waals surface area contributed by atoms with E-state index in [2.05, 4.69) is 11.2 Å². The lowest BCUT2D eigenvalue weighted by Gasteiger charge is -2.01. The summed E-state index contributed by atoms with van der Waals surface area (Å²) in [7, 11) is 0. The molecular weight excluding hydrogens is 318 g/mol. The van der Waals surface area contributed by atoms with E-state index in [0.29, 0.717) is 16.3 Å². The summed E-state index contributed by atoms with van der Waals surface area (Å²) in [6.07, 6.45) is 0. The van der Waals surface area contributed by atoms with Crippen LogP contribution in [0.5, 0.6) is 0 Å². The van der Waals surface area contributed by atoms with Crippen LogP contribution in [-0.2, 0) is 4.84 Å². The number of rotatable bonds is 3. The standard InChI is InChI=1S/C17H12ClNO2S/c1-11(15-10-22-16-5-3-2-4-14(15)16)19-21-17(20)12-6-8-13(18)9-7-12/h2-10H,1H3/b19-11-. The molecule has 3 aromatic rings. The van der Waals surface area contributed by atoms with E-state index in [1.54, 1.807) is 35.6 Å². The molecule has 0 amide bonds. The van der Waals surface area contributed by atoms with Gasteiger partial charge in [-0.1, -0.05) is 35.0 Å². The van der Waals surface area contributed by atoms with E-state index in [4.69, 9.17) is 16.4 Å². The van der Waals surface area contributed by atoms with Crippen molar-refractivity contribution in [1.82, 2.24) is 0 Å². The number of nitrogens with zero attached hydrogens (tertiary/aromatic N) is 1. The monoisotopic (exact) mass is 329 g/mol. The second-order valence-corrected chi connectivity index (χ2v) is 6.06. The molecule has 0 aliphatic heterocycles. The van der Waals surface area contributed by atoms with E-state index in [1.165, 1.54) is 4.70 Å². The number of thiophene rings is 1. The van der Waals surface area contributed by atoms with Gasteiger partial charge in [-0.3, -0.25) is 0 Å². The first kappa shape index (κ1) is 14.8. The van der Waals surface area contributed by atoms with Crippen LogP contribution in [0.3, 0.4) is 0 Å². The van der Waals surface area contributed by atoms with Crippen LogP contribution in [0.25, 0.3) is 10.1 Å². The highest BCUT2D eigenvalue weighted by Gasteiger charge is 2.10. The minimum atomic E-state index is -0.504. The zero-order chi connectivity index (χ0) is 15.5. The zero-order valence-electron chi connectivity index (χ0n) is 11.7. The molecule has 3 rings (SSSR count). The van der Waals surface area contributed by atoms with Crippen LogP contribution in [0.2, 0.25) is 5.02 Å². The fraction of sp³-hybridized carbons (Fsp3) is 0.0588. The van der Waals surface area contributed by atoms with Crippen molar-refractivity contribution in [2.24, 2.45) is 5.16 Å². The Labute approximate surface area is 136 Å². The Morgan fingerprint density at radius 2 is 1.86 bits per heavy atom. The maximum absolute atomic E-state index is 11.9. The van der Waals surface area contributed by atoms with Gasteiger partial charge in [0.1, 0.15) is 0 Å². The first-order valence-electron chi connectivity index (χ1n) is 6.63. The first-order chi connectivity index (χ1) is 10.6. The van der Waals surface area contributed by atoms with Gasteiger partial charge in [0.05, 0.1) is 11.3 Å². The molecule has 1 heterocycles. The van der Waals surface area contributed by atoms with Gasteiger partial charge in [-0.15, -0.1) is 11.3 Å². The maximum atomic E-state index is 11.9. The molecule has 22 heavy (non-hydrogen) atoms. The molecule has 5 heteroatoms. The van der Waals surface area contributed by atoms with E-state index in [-0.39, 0.29) is 0 Å². The number of fused-ring (bicyclic) bond motifs is 1. The number of carbonyl (C=O) groups is 1. The van der Waals surface area contributed by atoms with Gasteiger partial charge in [0.25, 0.3) is 0 Å². The van der Waals surface area contributed by atoms with Crippen molar-refractivity contribution in [3.05, 3.63) is 70.1 Å². The summed E-state index contributed by atoms with van der Waals surface area (Å²) in [4.78, 5) is 16.9. The number of hydrogen-bond acceptors (Lipinski definition) is 4. The van der Waals surface area contributed by atoms with E-state index < -0.39 is 5.97 Å². The SMILES string of the molecule is C/C(=N/OC(=O)c1ccc(Cl)cc1)c1csc2ccccc12. The van der Waals surface area contributed by atoms with Crippen molar-refractivity contribution >= 4 is 44.7 Å². The third kappa shape index (κ3) is 3.03. The minimum Gasteiger partial charge on any atom is -0.313 e. The number of benzene rings is 2. The molecule has 0 aliphatic rings.